The number of nitrogens with zero attached hydrogens (tertiary/aromatic N) is 1. The summed E-state index contributed by atoms with van der Waals surface area (Å²) in [5, 5.41) is 7.60. The van der Waals surface area contributed by atoms with Crippen molar-refractivity contribution in [2.24, 2.45) is 0 Å². The van der Waals surface area contributed by atoms with Crippen LogP contribution in [-0.4, -0.2) is 10.2 Å². The van der Waals surface area contributed by atoms with E-state index in [1.54, 1.807) is 0 Å². The summed E-state index contributed by atoms with van der Waals surface area (Å²) in [6.45, 7) is 1.86. The van der Waals surface area contributed by atoms with E-state index < -0.39 is 0 Å². The van der Waals surface area contributed by atoms with Gasteiger partial charge in [0.2, 0.25) is 0 Å². The first kappa shape index (κ1) is 9.09. The van der Waals surface area contributed by atoms with Crippen LogP contribution in [0.25, 0.3) is 11.3 Å². The Kier molecular flexibility index (Phi) is 2.17. The number of aromatic amines is 1. The fourth-order valence-electron chi connectivity index (χ4n) is 1.31. The van der Waals surface area contributed by atoms with Gasteiger partial charge in [-0.05, 0) is 19.1 Å². The maximum atomic E-state index is 5.88. The van der Waals surface area contributed by atoms with Crippen LogP contribution in [0.5, 0.6) is 0 Å². The summed E-state index contributed by atoms with van der Waals surface area (Å²) in [7, 11) is 0. The summed E-state index contributed by atoms with van der Waals surface area (Å²) in [6, 6.07) is 7.50. The molecular formula is C10H10ClN3. The Morgan fingerprint density at radius 2 is 2.21 bits per heavy atom. The lowest BCUT2D eigenvalue weighted by Crippen LogP contribution is -1.88. The number of aryl methyl sites for hydroxylation is 1. The van der Waals surface area contributed by atoms with Crippen molar-refractivity contribution in [1.29, 1.82) is 0 Å². The third-order valence-electron chi connectivity index (χ3n) is 2.11. The van der Waals surface area contributed by atoms with E-state index in [1.807, 2.05) is 31.2 Å². The summed E-state index contributed by atoms with van der Waals surface area (Å²) in [6.07, 6.45) is 0. The van der Waals surface area contributed by atoms with Gasteiger partial charge in [-0.15, -0.1) is 0 Å². The molecule has 0 atom stereocenters. The van der Waals surface area contributed by atoms with Gasteiger partial charge in [0.1, 0.15) is 0 Å². The number of nitrogens with two attached hydrogens (primary N) is 1. The highest BCUT2D eigenvalue weighted by molar-refractivity contribution is 6.30. The lowest BCUT2D eigenvalue weighted by Gasteiger charge is -1.99. The van der Waals surface area contributed by atoms with Crippen LogP contribution in [0.4, 0.5) is 5.69 Å². The maximum absolute atomic E-state index is 5.88. The van der Waals surface area contributed by atoms with Crippen molar-refractivity contribution in [3.63, 3.8) is 0 Å². The number of benzene rings is 1. The standard InChI is InChI=1S/C10H10ClN3/c1-6-9(12)10(14-13-6)7-3-2-4-8(11)5-7/h2-5H,12H2,1H3,(H,13,14). The largest absolute Gasteiger partial charge is 0.395 e. The summed E-state index contributed by atoms with van der Waals surface area (Å²) in [5.74, 6) is 0. The number of nitrogens with one attached hydrogen (secondary N) is 1. The van der Waals surface area contributed by atoms with Crippen LogP contribution in [0.2, 0.25) is 5.02 Å². The molecule has 1 aromatic carbocycles. The van der Waals surface area contributed by atoms with E-state index in [1.165, 1.54) is 0 Å². The molecule has 0 aliphatic carbocycles. The SMILES string of the molecule is Cc1n[nH]c(-c2cccc(Cl)c2)c1N. The van der Waals surface area contributed by atoms with Crippen molar-refractivity contribution in [3.8, 4) is 11.3 Å². The van der Waals surface area contributed by atoms with Crippen LogP contribution in [0, 0.1) is 6.92 Å². The predicted molar refractivity (Wildman–Crippen MR) is 58.2 cm³/mol. The second-order valence-electron chi connectivity index (χ2n) is 3.11. The Morgan fingerprint density at radius 3 is 2.79 bits per heavy atom. The molecule has 4 heteroatoms. The normalized spacial score (nSPS) is 10.4. The van der Waals surface area contributed by atoms with E-state index in [-0.39, 0.29) is 0 Å². The summed E-state index contributed by atoms with van der Waals surface area (Å²) >= 11 is 5.88. The van der Waals surface area contributed by atoms with Gasteiger partial charge >= 0.3 is 0 Å². The zero-order chi connectivity index (χ0) is 10.1. The number of halogens is 1. The Bertz CT molecular complexity index is 462. The lowest BCUT2D eigenvalue weighted by atomic mass is 10.1. The number of hydrogen-bond acceptors (Lipinski definition) is 2. The van der Waals surface area contributed by atoms with Crippen LogP contribution >= 0.6 is 11.6 Å². The average Bonchev–Trinajstić information content (AvgIpc) is 2.48. The molecule has 3 nitrogen and oxygen atoms in total. The van der Waals surface area contributed by atoms with Gasteiger partial charge in [0.15, 0.2) is 0 Å². The summed E-state index contributed by atoms with van der Waals surface area (Å²) in [5.41, 5.74) is 9.11. The Morgan fingerprint density at radius 1 is 1.43 bits per heavy atom. The Labute approximate surface area is 86.9 Å². The molecule has 0 aliphatic rings. The van der Waals surface area contributed by atoms with E-state index in [0.717, 1.165) is 17.0 Å². The van der Waals surface area contributed by atoms with E-state index in [2.05, 4.69) is 10.2 Å². The molecule has 0 bridgehead atoms. The second-order valence-corrected chi connectivity index (χ2v) is 3.54. The first-order chi connectivity index (χ1) is 6.68. The van der Waals surface area contributed by atoms with Gasteiger partial charge in [0, 0.05) is 10.6 Å². The Balaban J connectivity index is 2.55. The van der Waals surface area contributed by atoms with Crippen molar-refractivity contribution >= 4 is 17.3 Å². The smallest absolute Gasteiger partial charge is 0.0883 e. The molecule has 2 rings (SSSR count). The van der Waals surface area contributed by atoms with Gasteiger partial charge in [-0.25, -0.2) is 0 Å². The highest BCUT2D eigenvalue weighted by Gasteiger charge is 2.07. The maximum Gasteiger partial charge on any atom is 0.0883 e. The van der Waals surface area contributed by atoms with Gasteiger partial charge in [-0.2, -0.15) is 5.10 Å². The van der Waals surface area contributed by atoms with Gasteiger partial charge in [-0.3, -0.25) is 5.10 Å². The first-order valence-electron chi connectivity index (χ1n) is 4.25. The van der Waals surface area contributed by atoms with Crippen molar-refractivity contribution in [1.82, 2.24) is 10.2 Å². The van der Waals surface area contributed by atoms with E-state index in [0.29, 0.717) is 10.7 Å². The monoisotopic (exact) mass is 207 g/mol. The van der Waals surface area contributed by atoms with Crippen LogP contribution in [0.15, 0.2) is 24.3 Å². The molecular weight excluding hydrogens is 198 g/mol. The van der Waals surface area contributed by atoms with E-state index >= 15 is 0 Å². The quantitative estimate of drug-likeness (QED) is 0.755. The highest BCUT2D eigenvalue weighted by atomic mass is 35.5. The molecule has 0 aliphatic heterocycles. The topological polar surface area (TPSA) is 54.7 Å². The number of aromatic nitrogens is 2. The van der Waals surface area contributed by atoms with Gasteiger partial charge in [0.25, 0.3) is 0 Å². The average molecular weight is 208 g/mol. The second kappa shape index (κ2) is 3.35. The fourth-order valence-corrected chi connectivity index (χ4v) is 1.50. The molecule has 14 heavy (non-hydrogen) atoms. The molecule has 1 aromatic heterocycles. The molecule has 0 saturated heterocycles. The van der Waals surface area contributed by atoms with Crippen LogP contribution in [0.1, 0.15) is 5.69 Å². The number of hydrogen-bond donors (Lipinski definition) is 2. The number of H-pyrrole nitrogens is 1. The third-order valence-corrected chi connectivity index (χ3v) is 2.34. The number of nitrogen functional groups attached to an aromatic ring is 1. The minimum Gasteiger partial charge on any atom is -0.395 e. The van der Waals surface area contributed by atoms with Gasteiger partial charge < -0.3 is 5.73 Å². The Hall–Kier alpha value is -1.48. The zero-order valence-electron chi connectivity index (χ0n) is 7.71. The molecule has 3 N–H and O–H groups in total. The summed E-state index contributed by atoms with van der Waals surface area (Å²) < 4.78 is 0. The molecule has 1 heterocycles. The van der Waals surface area contributed by atoms with Gasteiger partial charge in [-0.1, -0.05) is 23.7 Å². The lowest BCUT2D eigenvalue weighted by molar-refractivity contribution is 1.05. The number of rotatable bonds is 1. The van der Waals surface area contributed by atoms with Crippen LogP contribution in [0.3, 0.4) is 0 Å². The fraction of sp³-hybridized carbons (Fsp3) is 0.100. The third kappa shape index (κ3) is 1.46. The van der Waals surface area contributed by atoms with Crippen LogP contribution in [-0.2, 0) is 0 Å². The van der Waals surface area contributed by atoms with E-state index in [4.69, 9.17) is 17.3 Å². The van der Waals surface area contributed by atoms with Crippen LogP contribution < -0.4 is 5.73 Å². The molecule has 0 saturated carbocycles. The van der Waals surface area contributed by atoms with Crippen molar-refractivity contribution in [2.45, 2.75) is 6.92 Å². The molecule has 0 radical (unpaired) electrons. The predicted octanol–water partition coefficient (Wildman–Crippen LogP) is 2.62. The van der Waals surface area contributed by atoms with Crippen molar-refractivity contribution < 1.29 is 0 Å². The number of anilines is 1. The zero-order valence-corrected chi connectivity index (χ0v) is 8.47. The van der Waals surface area contributed by atoms with Gasteiger partial charge in [0.05, 0.1) is 17.1 Å². The minimum absolute atomic E-state index is 0.673. The van der Waals surface area contributed by atoms with Crippen molar-refractivity contribution in [2.75, 3.05) is 5.73 Å². The van der Waals surface area contributed by atoms with Crippen molar-refractivity contribution in [3.05, 3.63) is 35.0 Å². The minimum atomic E-state index is 0.673. The molecule has 72 valence electrons. The summed E-state index contributed by atoms with van der Waals surface area (Å²) in [4.78, 5) is 0. The molecule has 0 spiro atoms. The molecule has 2 aromatic rings. The molecule has 0 unspecified atom stereocenters. The highest BCUT2D eigenvalue weighted by Crippen LogP contribution is 2.27. The molecule has 0 fully saturated rings. The molecule has 0 amide bonds. The first-order valence-corrected chi connectivity index (χ1v) is 4.62. The van der Waals surface area contributed by atoms with E-state index in [9.17, 15) is 0 Å².